The van der Waals surface area contributed by atoms with Crippen molar-refractivity contribution >= 4 is 27.9 Å². The van der Waals surface area contributed by atoms with Gasteiger partial charge < -0.3 is 4.74 Å². The molecule has 1 aliphatic rings. The van der Waals surface area contributed by atoms with Crippen LogP contribution in [0.4, 0.5) is 4.79 Å². The first kappa shape index (κ1) is 16.7. The number of hydrogen-bond donors (Lipinski definition) is 0. The molecule has 5 heteroatoms. The van der Waals surface area contributed by atoms with E-state index in [0.717, 1.165) is 15.6 Å². The minimum Gasteiger partial charge on any atom is -0.444 e. The Morgan fingerprint density at radius 1 is 1.21 bits per heavy atom. The molecule has 24 heavy (non-hydrogen) atoms. The fraction of sp³-hybridized carbons (Fsp3) is 0.263. The van der Waals surface area contributed by atoms with Crippen molar-refractivity contribution in [3.05, 3.63) is 70.2 Å². The molecule has 0 spiro atoms. The van der Waals surface area contributed by atoms with Crippen LogP contribution in [0.2, 0.25) is 0 Å². The summed E-state index contributed by atoms with van der Waals surface area (Å²) in [5.74, 6) is -0.612. The third-order valence-corrected chi connectivity index (χ3v) is 4.72. The molecule has 0 radical (unpaired) electrons. The Bertz CT molecular complexity index is 730. The van der Waals surface area contributed by atoms with Crippen LogP contribution in [-0.2, 0) is 16.0 Å². The van der Waals surface area contributed by atoms with Crippen LogP contribution in [0, 0.1) is 0 Å². The maximum absolute atomic E-state index is 12.7. The van der Waals surface area contributed by atoms with Gasteiger partial charge in [-0.2, -0.15) is 0 Å². The van der Waals surface area contributed by atoms with E-state index in [1.807, 2.05) is 61.5 Å². The topological polar surface area (TPSA) is 46.6 Å². The molecule has 2 atom stereocenters. The van der Waals surface area contributed by atoms with E-state index in [2.05, 4.69) is 15.9 Å². The maximum Gasteiger partial charge on any atom is 0.417 e. The van der Waals surface area contributed by atoms with Gasteiger partial charge in [0.2, 0.25) is 5.91 Å². The summed E-state index contributed by atoms with van der Waals surface area (Å²) in [5, 5.41) is 0. The highest BCUT2D eigenvalue weighted by Crippen LogP contribution is 2.24. The lowest BCUT2D eigenvalue weighted by Crippen LogP contribution is -2.35. The van der Waals surface area contributed by atoms with E-state index in [4.69, 9.17) is 4.74 Å². The minimum absolute atomic E-state index is 0.224. The molecule has 2 amide bonds. The van der Waals surface area contributed by atoms with Gasteiger partial charge in [-0.15, -0.1) is 0 Å². The van der Waals surface area contributed by atoms with Crippen LogP contribution in [0.1, 0.15) is 24.0 Å². The van der Waals surface area contributed by atoms with Crippen LogP contribution in [0.5, 0.6) is 0 Å². The Morgan fingerprint density at radius 2 is 1.88 bits per heavy atom. The van der Waals surface area contributed by atoms with Gasteiger partial charge in [-0.05, 0) is 30.2 Å². The summed E-state index contributed by atoms with van der Waals surface area (Å²) < 4.78 is 6.32. The average molecular weight is 388 g/mol. The zero-order valence-electron chi connectivity index (χ0n) is 13.3. The lowest BCUT2D eigenvalue weighted by atomic mass is 10.00. The zero-order valence-corrected chi connectivity index (χ0v) is 14.9. The number of imide groups is 1. The van der Waals surface area contributed by atoms with Gasteiger partial charge in [-0.25, -0.2) is 9.69 Å². The molecule has 124 valence electrons. The molecule has 2 aromatic carbocycles. The smallest absolute Gasteiger partial charge is 0.417 e. The number of benzene rings is 2. The van der Waals surface area contributed by atoms with E-state index in [-0.39, 0.29) is 17.9 Å². The largest absolute Gasteiger partial charge is 0.444 e. The standard InChI is InChI=1S/C19H18BrNO3/c1-13(15-7-9-16(20)10-8-15)18(22)21-12-17(24-19(21)23)11-14-5-3-2-4-6-14/h2-10,13,17H,11-12H2,1H3/t13-,17?/m1/s1. The van der Waals surface area contributed by atoms with Crippen molar-refractivity contribution in [2.75, 3.05) is 6.54 Å². The number of ether oxygens (including phenoxy) is 1. The van der Waals surface area contributed by atoms with E-state index >= 15 is 0 Å². The van der Waals surface area contributed by atoms with Gasteiger partial charge >= 0.3 is 6.09 Å². The average Bonchev–Trinajstić information content (AvgIpc) is 2.95. The summed E-state index contributed by atoms with van der Waals surface area (Å²) in [6, 6.07) is 17.4. The molecule has 1 unspecified atom stereocenters. The number of carbonyl (C=O) groups excluding carboxylic acids is 2. The number of halogens is 1. The SMILES string of the molecule is C[C@@H](C(=O)N1CC(Cc2ccccc2)OC1=O)c1ccc(Br)cc1. The van der Waals surface area contributed by atoms with E-state index in [9.17, 15) is 9.59 Å². The number of amides is 2. The minimum atomic E-state index is -0.551. The molecule has 0 aliphatic carbocycles. The summed E-state index contributed by atoms with van der Waals surface area (Å²) >= 11 is 3.38. The molecule has 1 saturated heterocycles. The zero-order chi connectivity index (χ0) is 17.1. The summed E-state index contributed by atoms with van der Waals surface area (Å²) in [6.45, 7) is 2.11. The van der Waals surface area contributed by atoms with Crippen molar-refractivity contribution in [3.63, 3.8) is 0 Å². The van der Waals surface area contributed by atoms with Crippen LogP contribution in [-0.4, -0.2) is 29.5 Å². The highest BCUT2D eigenvalue weighted by molar-refractivity contribution is 9.10. The molecule has 0 saturated carbocycles. The number of nitrogens with zero attached hydrogens (tertiary/aromatic N) is 1. The predicted molar refractivity (Wildman–Crippen MR) is 94.7 cm³/mol. The molecular formula is C19H18BrNO3. The Hall–Kier alpha value is -2.14. The third-order valence-electron chi connectivity index (χ3n) is 4.19. The van der Waals surface area contributed by atoms with E-state index in [0.29, 0.717) is 13.0 Å². The van der Waals surface area contributed by atoms with Gasteiger partial charge in [0.1, 0.15) is 6.10 Å². The van der Waals surface area contributed by atoms with Gasteiger partial charge in [0.05, 0.1) is 12.5 Å². The Balaban J connectivity index is 1.67. The maximum atomic E-state index is 12.7. The van der Waals surface area contributed by atoms with Gasteiger partial charge in [0, 0.05) is 10.9 Å². The Morgan fingerprint density at radius 3 is 2.54 bits per heavy atom. The Kier molecular flexibility index (Phi) is 5.00. The first-order valence-electron chi connectivity index (χ1n) is 7.86. The van der Waals surface area contributed by atoms with E-state index in [1.165, 1.54) is 4.90 Å². The van der Waals surface area contributed by atoms with Crippen LogP contribution < -0.4 is 0 Å². The summed E-state index contributed by atoms with van der Waals surface area (Å²) in [4.78, 5) is 26.0. The second kappa shape index (κ2) is 7.18. The normalized spacial score (nSPS) is 18.3. The van der Waals surface area contributed by atoms with Crippen LogP contribution >= 0.6 is 15.9 Å². The predicted octanol–water partition coefficient (Wildman–Crippen LogP) is 4.14. The molecule has 0 aromatic heterocycles. The third kappa shape index (κ3) is 3.67. The second-order valence-electron chi connectivity index (χ2n) is 5.92. The molecule has 1 fully saturated rings. The Labute approximate surface area is 149 Å². The van der Waals surface area contributed by atoms with E-state index < -0.39 is 6.09 Å². The van der Waals surface area contributed by atoms with Gasteiger partial charge in [0.25, 0.3) is 0 Å². The van der Waals surface area contributed by atoms with E-state index in [1.54, 1.807) is 0 Å². The highest BCUT2D eigenvalue weighted by Gasteiger charge is 2.37. The van der Waals surface area contributed by atoms with Gasteiger partial charge in [0.15, 0.2) is 0 Å². The number of hydrogen-bond acceptors (Lipinski definition) is 3. The van der Waals surface area contributed by atoms with Crippen LogP contribution in [0.25, 0.3) is 0 Å². The fourth-order valence-corrected chi connectivity index (χ4v) is 3.08. The molecular weight excluding hydrogens is 370 g/mol. The van der Waals surface area contributed by atoms with Gasteiger partial charge in [-0.3, -0.25) is 4.79 Å². The molecule has 3 rings (SSSR count). The quantitative estimate of drug-likeness (QED) is 0.791. The number of rotatable bonds is 4. The molecule has 1 heterocycles. The van der Waals surface area contributed by atoms with Gasteiger partial charge in [-0.1, -0.05) is 58.4 Å². The summed E-state index contributed by atoms with van der Waals surface area (Å²) in [6.07, 6.45) is -0.228. The second-order valence-corrected chi connectivity index (χ2v) is 6.83. The van der Waals surface area contributed by atoms with Crippen molar-refractivity contribution in [1.29, 1.82) is 0 Å². The van der Waals surface area contributed by atoms with Crippen LogP contribution in [0.15, 0.2) is 59.1 Å². The molecule has 0 N–H and O–H groups in total. The first-order valence-corrected chi connectivity index (χ1v) is 8.65. The summed E-state index contributed by atoms with van der Waals surface area (Å²) in [5.41, 5.74) is 1.97. The van der Waals surface area contributed by atoms with Crippen molar-refractivity contribution < 1.29 is 14.3 Å². The van der Waals surface area contributed by atoms with Crippen molar-refractivity contribution in [2.45, 2.75) is 25.4 Å². The number of carbonyl (C=O) groups is 2. The molecule has 1 aliphatic heterocycles. The summed E-state index contributed by atoms with van der Waals surface area (Å²) in [7, 11) is 0. The monoisotopic (exact) mass is 387 g/mol. The first-order chi connectivity index (χ1) is 11.5. The highest BCUT2D eigenvalue weighted by atomic mass is 79.9. The molecule has 2 aromatic rings. The van der Waals surface area contributed by atoms with Crippen LogP contribution in [0.3, 0.4) is 0 Å². The molecule has 0 bridgehead atoms. The lowest BCUT2D eigenvalue weighted by molar-refractivity contribution is -0.129. The van der Waals surface area contributed by atoms with Crippen molar-refractivity contribution in [3.8, 4) is 0 Å². The lowest BCUT2D eigenvalue weighted by Gasteiger charge is -2.17. The fourth-order valence-electron chi connectivity index (χ4n) is 2.81. The molecule has 4 nitrogen and oxygen atoms in total. The van der Waals surface area contributed by atoms with Crippen molar-refractivity contribution in [1.82, 2.24) is 4.90 Å². The number of cyclic esters (lactones) is 1. The van der Waals surface area contributed by atoms with Crippen molar-refractivity contribution in [2.24, 2.45) is 0 Å².